The standard InChI is InChI=1S/C14H19NO/c1-5-6-7-16-14-11(2)8-13(10-15-4)9-12(14)3/h8-9,15H,7,10H2,1-4H3. The minimum atomic E-state index is 0.462. The number of nitrogens with one attached hydrogen (secondary N) is 1. The van der Waals surface area contributed by atoms with Gasteiger partial charge in [-0.05, 0) is 44.5 Å². The molecule has 0 aliphatic rings. The molecule has 86 valence electrons. The number of ether oxygens (including phenoxy) is 1. The largest absolute Gasteiger partial charge is 0.480 e. The van der Waals surface area contributed by atoms with Crippen molar-refractivity contribution in [3.63, 3.8) is 0 Å². The average molecular weight is 217 g/mol. The predicted octanol–water partition coefficient (Wildman–Crippen LogP) is 2.42. The fraction of sp³-hybridized carbons (Fsp3) is 0.429. The molecular weight excluding hydrogens is 198 g/mol. The first-order chi connectivity index (χ1) is 7.69. The zero-order valence-electron chi connectivity index (χ0n) is 10.5. The summed E-state index contributed by atoms with van der Waals surface area (Å²) in [6, 6.07) is 4.30. The maximum atomic E-state index is 5.65. The molecule has 0 heterocycles. The summed E-state index contributed by atoms with van der Waals surface area (Å²) in [5.41, 5.74) is 3.62. The van der Waals surface area contributed by atoms with E-state index in [2.05, 4.69) is 43.1 Å². The normalized spacial score (nSPS) is 9.50. The third-order valence-corrected chi connectivity index (χ3v) is 2.37. The first-order valence-corrected chi connectivity index (χ1v) is 5.46. The van der Waals surface area contributed by atoms with Crippen molar-refractivity contribution >= 4 is 0 Å². The van der Waals surface area contributed by atoms with Crippen LogP contribution in [-0.2, 0) is 6.54 Å². The molecule has 1 rings (SSSR count). The summed E-state index contributed by atoms with van der Waals surface area (Å²) in [4.78, 5) is 0. The van der Waals surface area contributed by atoms with Crippen molar-refractivity contribution in [3.8, 4) is 17.6 Å². The lowest BCUT2D eigenvalue weighted by Crippen LogP contribution is -2.06. The van der Waals surface area contributed by atoms with Gasteiger partial charge in [-0.3, -0.25) is 0 Å². The van der Waals surface area contributed by atoms with Crippen molar-refractivity contribution < 1.29 is 4.74 Å². The van der Waals surface area contributed by atoms with Crippen molar-refractivity contribution in [3.05, 3.63) is 28.8 Å². The molecular formula is C14H19NO. The van der Waals surface area contributed by atoms with Crippen LogP contribution in [0.1, 0.15) is 23.6 Å². The molecule has 0 atom stereocenters. The van der Waals surface area contributed by atoms with E-state index in [-0.39, 0.29) is 0 Å². The Kier molecular flexibility index (Phi) is 4.88. The topological polar surface area (TPSA) is 21.3 Å². The molecule has 0 spiro atoms. The summed E-state index contributed by atoms with van der Waals surface area (Å²) in [6.45, 7) is 7.31. The van der Waals surface area contributed by atoms with Gasteiger partial charge in [-0.1, -0.05) is 18.1 Å². The third kappa shape index (κ3) is 3.29. The Morgan fingerprint density at radius 2 is 1.88 bits per heavy atom. The molecule has 0 saturated heterocycles. The Labute approximate surface area is 98.0 Å². The van der Waals surface area contributed by atoms with E-state index in [0.717, 1.165) is 12.3 Å². The fourth-order valence-electron chi connectivity index (χ4n) is 1.75. The second kappa shape index (κ2) is 6.19. The lowest BCUT2D eigenvalue weighted by atomic mass is 10.1. The molecule has 0 aliphatic carbocycles. The highest BCUT2D eigenvalue weighted by Gasteiger charge is 2.05. The monoisotopic (exact) mass is 217 g/mol. The van der Waals surface area contributed by atoms with Crippen LogP contribution in [-0.4, -0.2) is 13.7 Å². The van der Waals surface area contributed by atoms with Gasteiger partial charge in [0.2, 0.25) is 0 Å². The molecule has 1 N–H and O–H groups in total. The van der Waals surface area contributed by atoms with Crippen molar-refractivity contribution in [1.29, 1.82) is 0 Å². The Balaban J connectivity index is 2.87. The minimum Gasteiger partial charge on any atom is -0.480 e. The maximum absolute atomic E-state index is 5.65. The Morgan fingerprint density at radius 3 is 2.38 bits per heavy atom. The molecule has 16 heavy (non-hydrogen) atoms. The van der Waals surface area contributed by atoms with Crippen LogP contribution >= 0.6 is 0 Å². The molecule has 1 aromatic carbocycles. The van der Waals surface area contributed by atoms with E-state index in [0.29, 0.717) is 6.61 Å². The molecule has 0 fully saturated rings. The van der Waals surface area contributed by atoms with E-state index in [9.17, 15) is 0 Å². The highest BCUT2D eigenvalue weighted by Crippen LogP contribution is 2.24. The van der Waals surface area contributed by atoms with Crippen molar-refractivity contribution in [2.24, 2.45) is 0 Å². The molecule has 0 bridgehead atoms. The van der Waals surface area contributed by atoms with Gasteiger partial charge in [0, 0.05) is 6.54 Å². The smallest absolute Gasteiger partial charge is 0.149 e. The highest BCUT2D eigenvalue weighted by molar-refractivity contribution is 5.43. The van der Waals surface area contributed by atoms with E-state index < -0.39 is 0 Å². The number of benzene rings is 1. The molecule has 2 nitrogen and oxygen atoms in total. The first-order valence-electron chi connectivity index (χ1n) is 5.46. The molecule has 0 radical (unpaired) electrons. The van der Waals surface area contributed by atoms with Crippen LogP contribution in [0.3, 0.4) is 0 Å². The third-order valence-electron chi connectivity index (χ3n) is 2.37. The SMILES string of the molecule is CC#CCOc1c(C)cc(CNC)cc1C. The van der Waals surface area contributed by atoms with Crippen LogP contribution < -0.4 is 10.1 Å². The van der Waals surface area contributed by atoms with Gasteiger partial charge < -0.3 is 10.1 Å². The van der Waals surface area contributed by atoms with Gasteiger partial charge in [0.1, 0.15) is 12.4 Å². The lowest BCUT2D eigenvalue weighted by Gasteiger charge is -2.12. The molecule has 1 aromatic rings. The average Bonchev–Trinajstić information content (AvgIpc) is 2.23. The van der Waals surface area contributed by atoms with Gasteiger partial charge in [0.25, 0.3) is 0 Å². The van der Waals surface area contributed by atoms with Crippen LogP contribution in [0.4, 0.5) is 0 Å². The van der Waals surface area contributed by atoms with Crippen molar-refractivity contribution in [2.75, 3.05) is 13.7 Å². The maximum Gasteiger partial charge on any atom is 0.149 e. The second-order valence-corrected chi connectivity index (χ2v) is 3.80. The minimum absolute atomic E-state index is 0.462. The summed E-state index contributed by atoms with van der Waals surface area (Å²) in [5.74, 6) is 6.69. The van der Waals surface area contributed by atoms with Gasteiger partial charge in [-0.25, -0.2) is 0 Å². The van der Waals surface area contributed by atoms with E-state index >= 15 is 0 Å². The molecule has 2 heteroatoms. The summed E-state index contributed by atoms with van der Waals surface area (Å²) >= 11 is 0. The van der Waals surface area contributed by atoms with Crippen LogP contribution in [0.25, 0.3) is 0 Å². The van der Waals surface area contributed by atoms with Crippen molar-refractivity contribution in [2.45, 2.75) is 27.3 Å². The number of hydrogen-bond acceptors (Lipinski definition) is 2. The van der Waals surface area contributed by atoms with Gasteiger partial charge >= 0.3 is 0 Å². The number of rotatable bonds is 4. The van der Waals surface area contributed by atoms with Crippen molar-refractivity contribution in [1.82, 2.24) is 5.32 Å². The van der Waals surface area contributed by atoms with E-state index in [4.69, 9.17) is 4.74 Å². The Bertz CT molecular complexity index is 389. The molecule has 0 unspecified atom stereocenters. The van der Waals surface area contributed by atoms with Crippen LogP contribution in [0.2, 0.25) is 0 Å². The zero-order chi connectivity index (χ0) is 12.0. The van der Waals surface area contributed by atoms with Gasteiger partial charge in [-0.2, -0.15) is 0 Å². The predicted molar refractivity (Wildman–Crippen MR) is 67.6 cm³/mol. The van der Waals surface area contributed by atoms with Crippen LogP contribution in [0, 0.1) is 25.7 Å². The summed E-state index contributed by atoms with van der Waals surface area (Å²) in [7, 11) is 1.95. The van der Waals surface area contributed by atoms with Gasteiger partial charge in [-0.15, -0.1) is 5.92 Å². The summed E-state index contributed by atoms with van der Waals surface area (Å²) in [5, 5.41) is 3.15. The van der Waals surface area contributed by atoms with Crippen LogP contribution in [0.15, 0.2) is 12.1 Å². The molecule has 0 saturated carbocycles. The van der Waals surface area contributed by atoms with E-state index in [1.807, 2.05) is 14.0 Å². The summed E-state index contributed by atoms with van der Waals surface area (Å²) < 4.78 is 5.65. The molecule has 0 aliphatic heterocycles. The van der Waals surface area contributed by atoms with Crippen LogP contribution in [0.5, 0.6) is 5.75 Å². The number of aryl methyl sites for hydroxylation is 2. The van der Waals surface area contributed by atoms with E-state index in [1.54, 1.807) is 0 Å². The first kappa shape index (κ1) is 12.6. The van der Waals surface area contributed by atoms with Gasteiger partial charge in [0.15, 0.2) is 0 Å². The lowest BCUT2D eigenvalue weighted by molar-refractivity contribution is 0.364. The second-order valence-electron chi connectivity index (χ2n) is 3.80. The zero-order valence-corrected chi connectivity index (χ0v) is 10.5. The quantitative estimate of drug-likeness (QED) is 0.782. The Morgan fingerprint density at radius 1 is 1.25 bits per heavy atom. The fourth-order valence-corrected chi connectivity index (χ4v) is 1.75. The Hall–Kier alpha value is -1.46. The molecule has 0 aromatic heterocycles. The van der Waals surface area contributed by atoms with Gasteiger partial charge in [0.05, 0.1) is 0 Å². The number of hydrogen-bond donors (Lipinski definition) is 1. The molecule has 0 amide bonds. The highest BCUT2D eigenvalue weighted by atomic mass is 16.5. The van der Waals surface area contributed by atoms with E-state index in [1.165, 1.54) is 16.7 Å². The summed E-state index contributed by atoms with van der Waals surface area (Å²) in [6.07, 6.45) is 0.